The molecule has 274 valence electrons. The molecule has 6 heteroatoms. The van der Waals surface area contributed by atoms with E-state index in [1.165, 1.54) is 53.5 Å². The van der Waals surface area contributed by atoms with Crippen molar-refractivity contribution >= 4 is 48.8 Å². The van der Waals surface area contributed by atoms with E-state index in [0.29, 0.717) is 5.82 Å². The Balaban J connectivity index is 1.08. The van der Waals surface area contributed by atoms with E-state index < -0.39 is 0 Å². The molecule has 0 spiro atoms. The minimum Gasteiger partial charge on any atom is -0.387 e. The first kappa shape index (κ1) is 33.9. The molecular weight excluding hydrogens is 727 g/mol. The van der Waals surface area contributed by atoms with E-state index in [0.717, 1.165) is 51.4 Å². The number of hydrogen-bond donors (Lipinski definition) is 1. The number of nitrogens with zero attached hydrogens (tertiary/aromatic N) is 4. The lowest BCUT2D eigenvalue weighted by Crippen LogP contribution is -2.10. The molecule has 1 aliphatic rings. The van der Waals surface area contributed by atoms with Gasteiger partial charge in [-0.15, -0.1) is 11.3 Å². The van der Waals surface area contributed by atoms with Crippen molar-refractivity contribution in [1.82, 2.24) is 24.8 Å². The molecule has 0 saturated heterocycles. The summed E-state index contributed by atoms with van der Waals surface area (Å²) in [6, 6.07) is 58.6. The van der Waals surface area contributed by atoms with Gasteiger partial charge in [0.15, 0.2) is 5.82 Å². The minimum absolute atomic E-state index is 0.703. The number of hydrogen-bond acceptors (Lipinski definition) is 5. The third-order valence-electron chi connectivity index (χ3n) is 11.0. The molecule has 0 amide bonds. The van der Waals surface area contributed by atoms with Crippen LogP contribution >= 0.6 is 11.3 Å². The highest BCUT2D eigenvalue weighted by Gasteiger charge is 2.22. The van der Waals surface area contributed by atoms with Gasteiger partial charge in [-0.25, -0.2) is 9.97 Å². The highest BCUT2D eigenvalue weighted by Crippen LogP contribution is 2.49. The third kappa shape index (κ3) is 5.90. The van der Waals surface area contributed by atoms with Crippen molar-refractivity contribution in [3.63, 3.8) is 0 Å². The van der Waals surface area contributed by atoms with Crippen LogP contribution in [-0.4, -0.2) is 26.1 Å². The highest BCUT2D eigenvalue weighted by molar-refractivity contribution is 7.24. The molecular formula is C52H35N5S. The van der Waals surface area contributed by atoms with E-state index in [4.69, 9.17) is 9.97 Å². The van der Waals surface area contributed by atoms with Gasteiger partial charge in [-0.05, 0) is 77.0 Å². The SMILES string of the molecule is C1=CC(c2nc(-c3ccc(-c4ccncc4)cc3)cc(-c3cccc(-n4c5ccccc5c5c6sc(-c7ccccc7)c(-c7ccccc7)c6ccc54)c3)n2)=CCN1. The van der Waals surface area contributed by atoms with Crippen LogP contribution in [0.15, 0.2) is 195 Å². The topological polar surface area (TPSA) is 55.6 Å². The number of aromatic nitrogens is 4. The number of fused-ring (bicyclic) bond motifs is 5. The largest absolute Gasteiger partial charge is 0.387 e. The van der Waals surface area contributed by atoms with Crippen molar-refractivity contribution in [2.75, 3.05) is 6.54 Å². The number of pyridine rings is 1. The van der Waals surface area contributed by atoms with Gasteiger partial charge in [0, 0.05) is 72.6 Å². The average Bonchev–Trinajstić information content (AvgIpc) is 3.87. The van der Waals surface area contributed by atoms with Gasteiger partial charge in [-0.1, -0.05) is 127 Å². The molecule has 0 fully saturated rings. The first-order valence-corrected chi connectivity index (χ1v) is 20.3. The van der Waals surface area contributed by atoms with E-state index >= 15 is 0 Å². The van der Waals surface area contributed by atoms with Gasteiger partial charge in [0.05, 0.1) is 22.4 Å². The summed E-state index contributed by atoms with van der Waals surface area (Å²) in [4.78, 5) is 15.8. The fourth-order valence-corrected chi connectivity index (χ4v) is 9.63. The third-order valence-corrected chi connectivity index (χ3v) is 12.3. The van der Waals surface area contributed by atoms with Crippen LogP contribution in [0.2, 0.25) is 0 Å². The van der Waals surface area contributed by atoms with Crippen molar-refractivity contribution in [3.8, 4) is 60.9 Å². The second-order valence-electron chi connectivity index (χ2n) is 14.5. The second-order valence-corrected chi connectivity index (χ2v) is 15.5. The van der Waals surface area contributed by atoms with Crippen LogP contribution in [0.4, 0.5) is 0 Å². The molecule has 0 aliphatic carbocycles. The smallest absolute Gasteiger partial charge is 0.160 e. The van der Waals surface area contributed by atoms with Gasteiger partial charge >= 0.3 is 0 Å². The Morgan fingerprint density at radius 1 is 0.534 bits per heavy atom. The Labute approximate surface area is 340 Å². The van der Waals surface area contributed by atoms with Gasteiger partial charge in [-0.3, -0.25) is 4.98 Å². The Kier molecular flexibility index (Phi) is 8.34. The molecule has 0 saturated carbocycles. The lowest BCUT2D eigenvalue weighted by atomic mass is 9.98. The predicted molar refractivity (Wildman–Crippen MR) is 242 cm³/mol. The molecule has 1 N–H and O–H groups in total. The standard InChI is InChI=1S/C52H35N5S/c1-3-10-37(11-4-1)48-43-22-23-47-49(51(43)58-50(48)38-12-5-2-6-13-38)42-16-7-8-17-46(42)57(47)41-15-9-14-40(32-41)45-33-44(55-52(56-45)39-26-30-54-31-27-39)36-20-18-34(19-21-36)35-24-28-53-29-25-35/h1-30,32-33,54H,31H2. The summed E-state index contributed by atoms with van der Waals surface area (Å²) >= 11 is 1.89. The minimum atomic E-state index is 0.703. The van der Waals surface area contributed by atoms with Crippen LogP contribution in [0.1, 0.15) is 5.82 Å². The molecule has 0 atom stereocenters. The zero-order valence-electron chi connectivity index (χ0n) is 31.4. The molecule has 0 bridgehead atoms. The van der Waals surface area contributed by atoms with Crippen LogP contribution in [0.3, 0.4) is 0 Å². The first-order valence-electron chi connectivity index (χ1n) is 19.5. The average molecular weight is 762 g/mol. The van der Waals surface area contributed by atoms with E-state index in [1.54, 1.807) is 0 Å². The first-order chi connectivity index (χ1) is 28.8. The molecule has 4 aromatic heterocycles. The lowest BCUT2D eigenvalue weighted by molar-refractivity contribution is 0.969. The van der Waals surface area contributed by atoms with Crippen molar-refractivity contribution in [1.29, 1.82) is 0 Å². The van der Waals surface area contributed by atoms with Gasteiger partial charge < -0.3 is 9.88 Å². The van der Waals surface area contributed by atoms with Crippen molar-refractivity contribution in [2.24, 2.45) is 0 Å². The normalized spacial score (nSPS) is 12.6. The molecule has 0 unspecified atom stereocenters. The summed E-state index contributed by atoms with van der Waals surface area (Å²) in [5.74, 6) is 0.703. The lowest BCUT2D eigenvalue weighted by Gasteiger charge is -2.14. The Morgan fingerprint density at radius 3 is 2.00 bits per heavy atom. The molecule has 11 rings (SSSR count). The quantitative estimate of drug-likeness (QED) is 0.176. The van der Waals surface area contributed by atoms with Crippen LogP contribution in [0.25, 0.3) is 98.4 Å². The number of para-hydroxylation sites is 1. The molecule has 58 heavy (non-hydrogen) atoms. The van der Waals surface area contributed by atoms with E-state index in [9.17, 15) is 0 Å². The number of rotatable bonds is 7. The summed E-state index contributed by atoms with van der Waals surface area (Å²) < 4.78 is 3.71. The maximum Gasteiger partial charge on any atom is 0.160 e. The van der Waals surface area contributed by atoms with Crippen LogP contribution in [0.5, 0.6) is 0 Å². The monoisotopic (exact) mass is 761 g/mol. The fourth-order valence-electron chi connectivity index (χ4n) is 8.24. The van der Waals surface area contributed by atoms with Crippen LogP contribution < -0.4 is 5.32 Å². The van der Waals surface area contributed by atoms with Gasteiger partial charge in [-0.2, -0.15) is 0 Å². The van der Waals surface area contributed by atoms with Crippen molar-refractivity contribution < 1.29 is 0 Å². The number of dihydropyridines is 1. The van der Waals surface area contributed by atoms with E-state index in [1.807, 2.05) is 48.1 Å². The predicted octanol–water partition coefficient (Wildman–Crippen LogP) is 13.0. The van der Waals surface area contributed by atoms with Gasteiger partial charge in [0.1, 0.15) is 0 Å². The number of benzene rings is 6. The Hall–Kier alpha value is -7.41. The van der Waals surface area contributed by atoms with E-state index in [-0.39, 0.29) is 0 Å². The Morgan fingerprint density at radius 2 is 1.22 bits per heavy atom. The molecule has 0 radical (unpaired) electrons. The van der Waals surface area contributed by atoms with Gasteiger partial charge in [0.25, 0.3) is 0 Å². The fraction of sp³-hybridized carbons (Fsp3) is 0.0192. The van der Waals surface area contributed by atoms with Crippen LogP contribution in [-0.2, 0) is 0 Å². The van der Waals surface area contributed by atoms with Crippen molar-refractivity contribution in [2.45, 2.75) is 0 Å². The number of thiophene rings is 1. The molecule has 5 heterocycles. The molecule has 10 aromatic rings. The molecule has 6 aromatic carbocycles. The Bertz CT molecular complexity index is 3200. The molecule has 1 aliphatic heterocycles. The summed E-state index contributed by atoms with van der Waals surface area (Å²) in [7, 11) is 0. The number of allylic oxidation sites excluding steroid dienone is 2. The summed E-state index contributed by atoms with van der Waals surface area (Å²) in [5.41, 5.74) is 14.2. The second kappa shape index (κ2) is 14.3. The van der Waals surface area contributed by atoms with Crippen molar-refractivity contribution in [3.05, 3.63) is 200 Å². The summed E-state index contributed by atoms with van der Waals surface area (Å²) in [6.45, 7) is 0.732. The summed E-state index contributed by atoms with van der Waals surface area (Å²) in [5, 5.41) is 7.05. The summed E-state index contributed by atoms with van der Waals surface area (Å²) in [6.07, 6.45) is 9.80. The van der Waals surface area contributed by atoms with Gasteiger partial charge in [0.2, 0.25) is 0 Å². The highest BCUT2D eigenvalue weighted by atomic mass is 32.1. The maximum absolute atomic E-state index is 5.20. The number of nitrogens with one attached hydrogen (secondary N) is 1. The van der Waals surface area contributed by atoms with E-state index in [2.05, 4.69) is 173 Å². The van der Waals surface area contributed by atoms with Crippen LogP contribution in [0, 0.1) is 0 Å². The maximum atomic E-state index is 5.20. The zero-order valence-corrected chi connectivity index (χ0v) is 32.2. The molecule has 5 nitrogen and oxygen atoms in total. The zero-order chi connectivity index (χ0) is 38.4.